The number of hydrogen-bond donors (Lipinski definition) is 3. The molecular weight excluding hydrogens is 701 g/mol. The molecule has 2 aliphatic carbocycles. The van der Waals surface area contributed by atoms with E-state index in [0.717, 1.165) is 34.7 Å². The van der Waals surface area contributed by atoms with Gasteiger partial charge in [0.25, 0.3) is 5.91 Å². The average Bonchev–Trinajstić information content (AvgIpc) is 3.48. The van der Waals surface area contributed by atoms with Crippen LogP contribution in [0.15, 0.2) is 30.2 Å². The first-order chi connectivity index (χ1) is 24.0. The minimum Gasteiger partial charge on any atom is -0.487 e. The molecule has 4 amide bonds. The molecule has 15 nitrogen and oxygen atoms in total. The number of amides is 4. The van der Waals surface area contributed by atoms with Gasteiger partial charge in [-0.1, -0.05) is 26.8 Å². The predicted octanol–water partition coefficient (Wildman–Crippen LogP) is 3.11. The first kappa shape index (κ1) is 38.3. The number of fused-ring (bicyclic) bond motifs is 1. The summed E-state index contributed by atoms with van der Waals surface area (Å²) in [5.41, 5.74) is -1.72. The lowest BCUT2D eigenvalue weighted by Gasteiger charge is -2.35. The van der Waals surface area contributed by atoms with E-state index >= 15 is 0 Å². The summed E-state index contributed by atoms with van der Waals surface area (Å²) in [4.78, 5) is 61.1. The summed E-state index contributed by atoms with van der Waals surface area (Å²) in [5.74, 6) is -1.84. The zero-order valence-electron chi connectivity index (χ0n) is 29.9. The molecule has 2 saturated carbocycles. The Hall–Kier alpha value is -3.96. The molecule has 3 N–H and O–H groups in total. The van der Waals surface area contributed by atoms with E-state index < -0.39 is 69.1 Å². The van der Waals surface area contributed by atoms with Crippen LogP contribution in [0, 0.1) is 11.3 Å². The van der Waals surface area contributed by atoms with E-state index in [-0.39, 0.29) is 25.5 Å². The van der Waals surface area contributed by atoms with E-state index in [0.29, 0.717) is 23.8 Å². The number of likely N-dealkylation sites (tertiary alicyclic amines) is 1. The van der Waals surface area contributed by atoms with Crippen molar-refractivity contribution in [1.29, 1.82) is 0 Å². The predicted molar refractivity (Wildman–Crippen MR) is 190 cm³/mol. The van der Waals surface area contributed by atoms with Crippen LogP contribution < -0.4 is 24.8 Å². The summed E-state index contributed by atoms with van der Waals surface area (Å²) in [6, 6.07) is 1.28. The van der Waals surface area contributed by atoms with Crippen molar-refractivity contribution < 1.29 is 41.8 Å². The monoisotopic (exact) mass is 748 g/mol. The SMILES string of the molecule is C=C[C@@H]1C[C@]1(NC(=O)[C@@H]1C[C@@H](Oc2cc(OCC)nc3ccsc23)CN1C(=O)[C@@H](NC(=O)OC1CCCC1)C(C)(C)C)C(=O)NS(=O)(=O)N(C)C. The van der Waals surface area contributed by atoms with Crippen molar-refractivity contribution in [2.24, 2.45) is 11.3 Å². The maximum absolute atomic E-state index is 14.5. The van der Waals surface area contributed by atoms with Crippen LogP contribution in [0.3, 0.4) is 0 Å². The molecule has 280 valence electrons. The fourth-order valence-electron chi connectivity index (χ4n) is 6.53. The number of carbonyl (C=O) groups is 4. The Kier molecular flexibility index (Phi) is 11.2. The molecule has 0 radical (unpaired) electrons. The van der Waals surface area contributed by atoms with Gasteiger partial charge < -0.3 is 29.7 Å². The molecule has 5 rings (SSSR count). The third kappa shape index (κ3) is 8.41. The van der Waals surface area contributed by atoms with E-state index in [1.165, 1.54) is 36.4 Å². The van der Waals surface area contributed by atoms with E-state index in [4.69, 9.17) is 14.2 Å². The van der Waals surface area contributed by atoms with Gasteiger partial charge in [-0.3, -0.25) is 14.4 Å². The number of thiophene rings is 1. The lowest BCUT2D eigenvalue weighted by atomic mass is 9.85. The molecule has 2 aromatic rings. The van der Waals surface area contributed by atoms with Crippen LogP contribution in [0.25, 0.3) is 10.2 Å². The minimum absolute atomic E-state index is 0.0267. The number of carbonyl (C=O) groups excluding carboxylic acids is 4. The summed E-state index contributed by atoms with van der Waals surface area (Å²) in [6.45, 7) is 11.3. The van der Waals surface area contributed by atoms with Gasteiger partial charge in [-0.25, -0.2) is 14.5 Å². The summed E-state index contributed by atoms with van der Waals surface area (Å²) in [7, 11) is -1.62. The van der Waals surface area contributed by atoms with Gasteiger partial charge in [0, 0.05) is 32.5 Å². The van der Waals surface area contributed by atoms with Gasteiger partial charge in [0.05, 0.1) is 23.4 Å². The molecule has 0 aromatic carbocycles. The van der Waals surface area contributed by atoms with E-state index in [1.54, 1.807) is 26.8 Å². The molecule has 3 aliphatic rings. The standard InChI is InChI=1S/C34H48N6O9S2/c1-8-20-18-34(20,31(43)38-51(45,46)39(6)7)37-29(41)24-16-22(48-25-17-26(47-9-2)35-23-14-15-50-27(23)25)19-40(24)30(42)28(33(3,4)5)36-32(44)49-21-12-10-11-13-21/h8,14-15,17,20-22,24,28H,1,9-13,16,18-19H2,2-7H3,(H,36,44)(H,37,41)(H,38,43)/t20-,22-,24+,28-,34-/m1/s1. The Bertz CT molecular complexity index is 1770. The zero-order chi connectivity index (χ0) is 37.3. The molecule has 0 spiro atoms. The topological polar surface area (TPSA) is 186 Å². The molecule has 3 fully saturated rings. The molecular formula is C34H48N6O9S2. The maximum Gasteiger partial charge on any atom is 0.408 e. The number of aromatic nitrogens is 1. The normalized spacial score (nSPS) is 24.2. The summed E-state index contributed by atoms with van der Waals surface area (Å²) < 4.78 is 46.5. The highest BCUT2D eigenvalue weighted by molar-refractivity contribution is 7.87. The molecule has 5 atom stereocenters. The quantitative estimate of drug-likeness (QED) is 0.257. The molecule has 17 heteroatoms. The van der Waals surface area contributed by atoms with E-state index in [1.807, 2.05) is 23.1 Å². The van der Waals surface area contributed by atoms with Crippen LogP contribution in [0.2, 0.25) is 0 Å². The number of rotatable bonds is 13. The Morgan fingerprint density at radius 2 is 1.90 bits per heavy atom. The Morgan fingerprint density at radius 1 is 1.20 bits per heavy atom. The Balaban J connectivity index is 1.44. The van der Waals surface area contributed by atoms with Crippen molar-refractivity contribution in [3.8, 4) is 11.6 Å². The maximum atomic E-state index is 14.5. The van der Waals surface area contributed by atoms with Gasteiger partial charge in [-0.05, 0) is 55.9 Å². The lowest BCUT2D eigenvalue weighted by Crippen LogP contribution is -2.60. The number of nitrogens with zero attached hydrogens (tertiary/aromatic N) is 3. The summed E-state index contributed by atoms with van der Waals surface area (Å²) in [6.07, 6.45) is 3.42. The van der Waals surface area contributed by atoms with Gasteiger partial charge >= 0.3 is 16.3 Å². The van der Waals surface area contributed by atoms with E-state index in [9.17, 15) is 27.6 Å². The van der Waals surface area contributed by atoms with Crippen molar-refractivity contribution in [3.63, 3.8) is 0 Å². The van der Waals surface area contributed by atoms with Crippen LogP contribution in [0.4, 0.5) is 4.79 Å². The van der Waals surface area contributed by atoms with Crippen molar-refractivity contribution in [2.75, 3.05) is 27.2 Å². The molecule has 2 aromatic heterocycles. The second kappa shape index (κ2) is 14.9. The van der Waals surface area contributed by atoms with Gasteiger partial charge in [-0.2, -0.15) is 12.7 Å². The zero-order valence-corrected chi connectivity index (χ0v) is 31.5. The highest BCUT2D eigenvalue weighted by Crippen LogP contribution is 2.45. The molecule has 1 aliphatic heterocycles. The molecule has 3 heterocycles. The first-order valence-electron chi connectivity index (χ1n) is 17.1. The highest BCUT2D eigenvalue weighted by Gasteiger charge is 2.61. The third-order valence-corrected chi connectivity index (χ3v) is 11.8. The van der Waals surface area contributed by atoms with Crippen LogP contribution in [0.5, 0.6) is 11.6 Å². The van der Waals surface area contributed by atoms with Gasteiger partial charge in [0.1, 0.15) is 35.6 Å². The minimum atomic E-state index is -4.17. The van der Waals surface area contributed by atoms with Crippen LogP contribution in [-0.2, 0) is 29.3 Å². The summed E-state index contributed by atoms with van der Waals surface area (Å²) in [5, 5.41) is 7.40. The fraction of sp³-hybridized carbons (Fsp3) is 0.618. The summed E-state index contributed by atoms with van der Waals surface area (Å²) >= 11 is 1.42. The average molecular weight is 749 g/mol. The van der Waals surface area contributed by atoms with Crippen LogP contribution in [0.1, 0.15) is 66.2 Å². The second-order valence-electron chi connectivity index (χ2n) is 14.5. The Labute approximate surface area is 302 Å². The molecule has 0 unspecified atom stereocenters. The number of nitrogens with one attached hydrogen (secondary N) is 3. The van der Waals surface area contributed by atoms with Crippen LogP contribution >= 0.6 is 11.3 Å². The van der Waals surface area contributed by atoms with Crippen molar-refractivity contribution in [2.45, 2.75) is 96.1 Å². The van der Waals surface area contributed by atoms with Crippen LogP contribution in [-0.4, -0.2) is 103 Å². The third-order valence-electron chi connectivity index (χ3n) is 9.49. The molecule has 1 saturated heterocycles. The number of pyridine rings is 1. The van der Waals surface area contributed by atoms with Gasteiger partial charge in [0.2, 0.25) is 17.7 Å². The highest BCUT2D eigenvalue weighted by atomic mass is 32.2. The molecule has 51 heavy (non-hydrogen) atoms. The van der Waals surface area contributed by atoms with Crippen molar-refractivity contribution >= 4 is 55.6 Å². The van der Waals surface area contributed by atoms with Gasteiger partial charge in [-0.15, -0.1) is 17.9 Å². The Morgan fingerprint density at radius 3 is 2.51 bits per heavy atom. The number of hydrogen-bond acceptors (Lipinski definition) is 11. The lowest BCUT2D eigenvalue weighted by molar-refractivity contribution is -0.143. The number of ether oxygens (including phenoxy) is 3. The fourth-order valence-corrected chi connectivity index (χ4v) is 7.92. The van der Waals surface area contributed by atoms with E-state index in [2.05, 4.69) is 22.2 Å². The smallest absolute Gasteiger partial charge is 0.408 e. The van der Waals surface area contributed by atoms with Crippen molar-refractivity contribution in [1.82, 2.24) is 29.5 Å². The molecule has 0 bridgehead atoms. The largest absolute Gasteiger partial charge is 0.487 e. The number of alkyl carbamates (subject to hydrolysis) is 1. The van der Waals surface area contributed by atoms with Gasteiger partial charge in [0.15, 0.2) is 0 Å². The second-order valence-corrected chi connectivity index (χ2v) is 17.3. The van der Waals surface area contributed by atoms with Crippen molar-refractivity contribution in [3.05, 3.63) is 30.2 Å². The first-order valence-corrected chi connectivity index (χ1v) is 19.5.